The van der Waals surface area contributed by atoms with Crippen molar-refractivity contribution in [3.05, 3.63) is 24.9 Å². The predicted molar refractivity (Wildman–Crippen MR) is 45.4 cm³/mol. The lowest BCUT2D eigenvalue weighted by Crippen LogP contribution is -2.23. The van der Waals surface area contributed by atoms with Crippen LogP contribution in [-0.4, -0.2) is 17.1 Å². The summed E-state index contributed by atoms with van der Waals surface area (Å²) in [5, 5.41) is 10.0. The summed E-state index contributed by atoms with van der Waals surface area (Å²) in [4.78, 5) is 19.2. The summed E-state index contributed by atoms with van der Waals surface area (Å²) < 4.78 is 0. The van der Waals surface area contributed by atoms with Crippen molar-refractivity contribution >= 4 is 12.0 Å². The first-order chi connectivity index (χ1) is 5.41. The molecule has 2 amide bonds. The minimum absolute atomic E-state index is 0.176. The molecule has 0 saturated carbocycles. The molecule has 0 aliphatic carbocycles. The Morgan fingerprint density at radius 3 is 1.92 bits per heavy atom. The summed E-state index contributed by atoms with van der Waals surface area (Å²) >= 11 is 0. The summed E-state index contributed by atoms with van der Waals surface area (Å²) in [5.41, 5.74) is 4.76. The standard InChI is InChI=1S/C4H6O2.C3H6N2O/c1-3(2)4(5)6;1-2-5-3(4)6/h1H2,2H3,(H,5,6);2H,1H2,(H3,4,5,6). The first kappa shape index (κ1) is 12.9. The maximum Gasteiger partial charge on any atom is 0.330 e. The molecule has 5 heteroatoms. The lowest BCUT2D eigenvalue weighted by Gasteiger charge is -1.83. The molecule has 0 saturated heterocycles. The minimum atomic E-state index is -0.935. The van der Waals surface area contributed by atoms with Gasteiger partial charge in [0.2, 0.25) is 0 Å². The zero-order chi connectivity index (χ0) is 10.1. The highest BCUT2D eigenvalue weighted by Gasteiger charge is 1.90. The van der Waals surface area contributed by atoms with Gasteiger partial charge in [-0.05, 0) is 13.1 Å². The fraction of sp³-hybridized carbons (Fsp3) is 0.143. The topological polar surface area (TPSA) is 92.4 Å². The zero-order valence-electron chi connectivity index (χ0n) is 6.83. The number of nitrogens with one attached hydrogen (secondary N) is 1. The van der Waals surface area contributed by atoms with Crippen molar-refractivity contribution in [2.75, 3.05) is 0 Å². The van der Waals surface area contributed by atoms with Gasteiger partial charge >= 0.3 is 12.0 Å². The van der Waals surface area contributed by atoms with Crippen LogP contribution in [0.5, 0.6) is 0 Å². The number of carbonyl (C=O) groups is 2. The summed E-state index contributed by atoms with van der Waals surface area (Å²) in [7, 11) is 0. The van der Waals surface area contributed by atoms with Crippen LogP contribution in [-0.2, 0) is 4.79 Å². The molecule has 0 rings (SSSR count). The Morgan fingerprint density at radius 1 is 1.58 bits per heavy atom. The molecule has 0 aliphatic rings. The van der Waals surface area contributed by atoms with Gasteiger partial charge in [0.25, 0.3) is 0 Å². The van der Waals surface area contributed by atoms with Crippen LogP contribution < -0.4 is 11.1 Å². The number of rotatable bonds is 2. The highest BCUT2D eigenvalue weighted by atomic mass is 16.4. The van der Waals surface area contributed by atoms with E-state index in [1.54, 1.807) is 0 Å². The maximum atomic E-state index is 9.64. The first-order valence-corrected chi connectivity index (χ1v) is 2.97. The summed E-state index contributed by atoms with van der Waals surface area (Å²) in [6.45, 7) is 7.79. The van der Waals surface area contributed by atoms with Gasteiger partial charge in [0.1, 0.15) is 0 Å². The van der Waals surface area contributed by atoms with Crippen molar-refractivity contribution in [2.45, 2.75) is 6.92 Å². The average Bonchev–Trinajstić information content (AvgIpc) is 1.87. The third-order valence-corrected chi connectivity index (χ3v) is 0.609. The Labute approximate surface area is 70.6 Å². The molecule has 4 N–H and O–H groups in total. The van der Waals surface area contributed by atoms with E-state index in [9.17, 15) is 9.59 Å². The third kappa shape index (κ3) is 15.7. The van der Waals surface area contributed by atoms with E-state index in [0.717, 1.165) is 0 Å². The summed E-state index contributed by atoms with van der Waals surface area (Å²) in [5.74, 6) is -0.935. The predicted octanol–water partition coefficient (Wildman–Crippen LogP) is 0.445. The molecule has 0 aromatic carbocycles. The number of amides is 2. The molecule has 0 radical (unpaired) electrons. The van der Waals surface area contributed by atoms with Crippen LogP contribution in [0.15, 0.2) is 24.9 Å². The Bertz CT molecular complexity index is 187. The monoisotopic (exact) mass is 172 g/mol. The van der Waals surface area contributed by atoms with Crippen molar-refractivity contribution < 1.29 is 14.7 Å². The third-order valence-electron chi connectivity index (χ3n) is 0.609. The number of carboxylic acids is 1. The lowest BCUT2D eigenvalue weighted by molar-refractivity contribution is -0.132. The second-order valence-corrected chi connectivity index (χ2v) is 1.80. The number of carboxylic acid groups (broad SMARTS) is 1. The Kier molecular flexibility index (Phi) is 7.85. The number of carbonyl (C=O) groups excluding carboxylic acids is 1. The van der Waals surface area contributed by atoms with Crippen LogP contribution >= 0.6 is 0 Å². The fourth-order valence-electron chi connectivity index (χ4n) is 0.101. The molecule has 68 valence electrons. The molecule has 0 unspecified atom stereocenters. The SMILES string of the molecule is C=C(C)C(=O)O.C=CNC(N)=O. The molecule has 12 heavy (non-hydrogen) atoms. The van der Waals surface area contributed by atoms with E-state index in [1.165, 1.54) is 13.1 Å². The van der Waals surface area contributed by atoms with Gasteiger partial charge in [0.15, 0.2) is 0 Å². The van der Waals surface area contributed by atoms with E-state index in [-0.39, 0.29) is 5.57 Å². The zero-order valence-corrected chi connectivity index (χ0v) is 6.83. The Morgan fingerprint density at radius 2 is 1.92 bits per heavy atom. The van der Waals surface area contributed by atoms with E-state index in [2.05, 4.69) is 24.2 Å². The number of nitrogens with two attached hydrogens (primary N) is 1. The van der Waals surface area contributed by atoms with Crippen molar-refractivity contribution in [3.63, 3.8) is 0 Å². The van der Waals surface area contributed by atoms with Gasteiger partial charge in [0.05, 0.1) is 0 Å². The van der Waals surface area contributed by atoms with Crippen LogP contribution in [0, 0.1) is 0 Å². The normalized spacial score (nSPS) is 7.08. The molecule has 0 bridgehead atoms. The van der Waals surface area contributed by atoms with E-state index >= 15 is 0 Å². The van der Waals surface area contributed by atoms with Gasteiger partial charge in [-0.25, -0.2) is 9.59 Å². The molecule has 0 aromatic rings. The molecule has 5 nitrogen and oxygen atoms in total. The van der Waals surface area contributed by atoms with Gasteiger partial charge in [-0.1, -0.05) is 13.2 Å². The fourth-order valence-corrected chi connectivity index (χ4v) is 0.101. The molecule has 0 spiro atoms. The Hall–Kier alpha value is -1.78. The van der Waals surface area contributed by atoms with Gasteiger partial charge in [0, 0.05) is 5.57 Å². The van der Waals surface area contributed by atoms with Crippen molar-refractivity contribution in [1.82, 2.24) is 5.32 Å². The Balaban J connectivity index is 0. The second-order valence-electron chi connectivity index (χ2n) is 1.80. The first-order valence-electron chi connectivity index (χ1n) is 2.97. The number of primary amides is 1. The summed E-state index contributed by atoms with van der Waals surface area (Å²) in [6, 6.07) is -0.579. The molecule has 0 heterocycles. The van der Waals surface area contributed by atoms with Crippen molar-refractivity contribution in [1.29, 1.82) is 0 Å². The van der Waals surface area contributed by atoms with Crippen LogP contribution in [0.2, 0.25) is 0 Å². The summed E-state index contributed by atoms with van der Waals surface area (Å²) in [6.07, 6.45) is 1.22. The van der Waals surface area contributed by atoms with Crippen LogP contribution in [0.25, 0.3) is 0 Å². The van der Waals surface area contributed by atoms with Gasteiger partial charge in [-0.3, -0.25) is 0 Å². The number of urea groups is 1. The van der Waals surface area contributed by atoms with E-state index < -0.39 is 12.0 Å². The quantitative estimate of drug-likeness (QED) is 0.528. The highest BCUT2D eigenvalue weighted by molar-refractivity contribution is 5.84. The maximum absolute atomic E-state index is 9.64. The van der Waals surface area contributed by atoms with E-state index in [0.29, 0.717) is 0 Å². The van der Waals surface area contributed by atoms with E-state index in [4.69, 9.17) is 5.11 Å². The van der Waals surface area contributed by atoms with Gasteiger partial charge in [-0.2, -0.15) is 0 Å². The minimum Gasteiger partial charge on any atom is -0.478 e. The smallest absolute Gasteiger partial charge is 0.330 e. The van der Waals surface area contributed by atoms with Gasteiger partial charge < -0.3 is 16.2 Å². The molecular weight excluding hydrogens is 160 g/mol. The number of aliphatic carboxylic acids is 1. The van der Waals surface area contributed by atoms with Crippen LogP contribution in [0.1, 0.15) is 6.92 Å². The molecular formula is C7H12N2O3. The molecule has 0 atom stereocenters. The molecule has 0 aromatic heterocycles. The molecule has 0 fully saturated rings. The number of hydrogen-bond acceptors (Lipinski definition) is 2. The average molecular weight is 172 g/mol. The second kappa shape index (κ2) is 7.33. The van der Waals surface area contributed by atoms with Crippen LogP contribution in [0.3, 0.4) is 0 Å². The van der Waals surface area contributed by atoms with Crippen LogP contribution in [0.4, 0.5) is 4.79 Å². The van der Waals surface area contributed by atoms with Crippen molar-refractivity contribution in [2.24, 2.45) is 5.73 Å². The number of hydrogen-bond donors (Lipinski definition) is 3. The van der Waals surface area contributed by atoms with E-state index in [1.807, 2.05) is 0 Å². The highest BCUT2D eigenvalue weighted by Crippen LogP contribution is 1.81. The molecule has 0 aliphatic heterocycles. The van der Waals surface area contributed by atoms with Crippen molar-refractivity contribution in [3.8, 4) is 0 Å². The van der Waals surface area contributed by atoms with Gasteiger partial charge in [-0.15, -0.1) is 0 Å². The lowest BCUT2D eigenvalue weighted by atomic mass is 10.4. The largest absolute Gasteiger partial charge is 0.478 e.